The molecule has 2 saturated heterocycles. The first-order valence-electron chi connectivity index (χ1n) is 11.2. The summed E-state index contributed by atoms with van der Waals surface area (Å²) < 4.78 is 14.6. The molecule has 2 aliphatic rings. The van der Waals surface area contributed by atoms with Gasteiger partial charge in [0.2, 0.25) is 5.91 Å². The summed E-state index contributed by atoms with van der Waals surface area (Å²) in [5, 5.41) is 9.94. The van der Waals surface area contributed by atoms with Crippen molar-refractivity contribution >= 4 is 46.3 Å². The third-order valence-corrected chi connectivity index (χ3v) is 7.40. The van der Waals surface area contributed by atoms with Crippen molar-refractivity contribution in [1.82, 2.24) is 15.3 Å². The van der Waals surface area contributed by atoms with Crippen molar-refractivity contribution in [2.45, 2.75) is 38.1 Å². The van der Waals surface area contributed by atoms with Gasteiger partial charge in [-0.1, -0.05) is 11.3 Å². The fraction of sp³-hybridized carbons (Fsp3) is 0.435. The number of allylic oxidation sites excluding steroid dienone is 1. The number of rotatable bonds is 8. The average Bonchev–Trinajstić information content (AvgIpc) is 3.39. The lowest BCUT2D eigenvalue weighted by atomic mass is 9.86. The van der Waals surface area contributed by atoms with E-state index in [9.17, 15) is 9.18 Å². The predicted octanol–water partition coefficient (Wildman–Crippen LogP) is 3.51. The SMILES string of the molecule is C=N/C=C(F)\C(=N/CNc1ccc(N2CCC3(CCC(=O)N3)CC2)cn1)c1sc(NC)nc1C. The van der Waals surface area contributed by atoms with Crippen molar-refractivity contribution in [3.05, 3.63) is 40.9 Å². The van der Waals surface area contributed by atoms with Crippen LogP contribution in [0.2, 0.25) is 0 Å². The molecule has 0 saturated carbocycles. The van der Waals surface area contributed by atoms with Gasteiger partial charge in [0.15, 0.2) is 11.0 Å². The first-order valence-corrected chi connectivity index (χ1v) is 12.0. The number of aliphatic imine (C=N–C) groups is 2. The lowest BCUT2D eigenvalue weighted by Gasteiger charge is -2.40. The van der Waals surface area contributed by atoms with E-state index in [1.165, 1.54) is 11.3 Å². The molecule has 1 amide bonds. The van der Waals surface area contributed by atoms with Gasteiger partial charge in [-0.2, -0.15) is 0 Å². The molecule has 2 aromatic heterocycles. The topological polar surface area (TPSA) is 107 Å². The second-order valence-corrected chi connectivity index (χ2v) is 9.40. The minimum atomic E-state index is -0.573. The largest absolute Gasteiger partial charge is 0.370 e. The molecule has 34 heavy (non-hydrogen) atoms. The van der Waals surface area contributed by atoms with Gasteiger partial charge in [-0.15, -0.1) is 0 Å². The van der Waals surface area contributed by atoms with Gasteiger partial charge in [0.05, 0.1) is 28.7 Å². The van der Waals surface area contributed by atoms with Crippen LogP contribution >= 0.6 is 11.3 Å². The molecular weight excluding hydrogens is 455 g/mol. The van der Waals surface area contributed by atoms with Crippen molar-refractivity contribution in [1.29, 1.82) is 0 Å². The third-order valence-electron chi connectivity index (χ3n) is 6.22. The van der Waals surface area contributed by atoms with E-state index in [1.54, 1.807) is 7.05 Å². The van der Waals surface area contributed by atoms with Gasteiger partial charge < -0.3 is 20.9 Å². The van der Waals surface area contributed by atoms with Crippen molar-refractivity contribution in [3.63, 3.8) is 0 Å². The molecule has 0 radical (unpaired) electrons. The maximum absolute atomic E-state index is 14.6. The number of amides is 1. The second kappa shape index (κ2) is 10.3. The van der Waals surface area contributed by atoms with Crippen LogP contribution in [-0.2, 0) is 4.79 Å². The zero-order valence-corrected chi connectivity index (χ0v) is 20.2. The Labute approximate surface area is 202 Å². The molecule has 0 unspecified atom stereocenters. The van der Waals surface area contributed by atoms with E-state index in [0.29, 0.717) is 27.9 Å². The Balaban J connectivity index is 1.39. The van der Waals surface area contributed by atoms with Crippen molar-refractivity contribution in [2.24, 2.45) is 9.98 Å². The molecule has 3 N–H and O–H groups in total. The maximum atomic E-state index is 14.6. The summed E-state index contributed by atoms with van der Waals surface area (Å²) in [6.45, 7) is 7.04. The highest BCUT2D eigenvalue weighted by Crippen LogP contribution is 2.33. The Morgan fingerprint density at radius 1 is 1.38 bits per heavy atom. The fourth-order valence-electron chi connectivity index (χ4n) is 4.34. The molecule has 0 bridgehead atoms. The van der Waals surface area contributed by atoms with Crippen LogP contribution in [0.1, 0.15) is 36.3 Å². The number of anilines is 3. The van der Waals surface area contributed by atoms with Gasteiger partial charge >= 0.3 is 0 Å². The van der Waals surface area contributed by atoms with E-state index < -0.39 is 5.83 Å². The molecule has 0 aliphatic carbocycles. The minimum Gasteiger partial charge on any atom is -0.370 e. The van der Waals surface area contributed by atoms with Crippen LogP contribution < -0.4 is 20.9 Å². The van der Waals surface area contributed by atoms with Gasteiger partial charge in [0, 0.05) is 32.1 Å². The minimum absolute atomic E-state index is 0.0204. The Morgan fingerprint density at radius 2 is 2.18 bits per heavy atom. The lowest BCUT2D eigenvalue weighted by molar-refractivity contribution is -0.119. The number of carbonyl (C=O) groups excluding carboxylic acids is 1. The predicted molar refractivity (Wildman–Crippen MR) is 136 cm³/mol. The van der Waals surface area contributed by atoms with Crippen molar-refractivity contribution in [3.8, 4) is 0 Å². The van der Waals surface area contributed by atoms with E-state index in [1.807, 2.05) is 25.3 Å². The second-order valence-electron chi connectivity index (χ2n) is 8.40. The van der Waals surface area contributed by atoms with Crippen LogP contribution in [0.3, 0.4) is 0 Å². The number of piperidine rings is 1. The first kappa shape index (κ1) is 23.8. The number of nitrogens with one attached hydrogen (secondary N) is 3. The smallest absolute Gasteiger partial charge is 0.220 e. The maximum Gasteiger partial charge on any atom is 0.220 e. The zero-order chi connectivity index (χ0) is 24.1. The first-order chi connectivity index (χ1) is 16.4. The number of thiazole rings is 1. The quantitative estimate of drug-likeness (QED) is 0.495. The third kappa shape index (κ3) is 5.24. The summed E-state index contributed by atoms with van der Waals surface area (Å²) in [7, 11) is 1.77. The Kier molecular flexibility index (Phi) is 7.20. The Hall–Kier alpha value is -3.34. The van der Waals surface area contributed by atoms with Gasteiger partial charge in [-0.05, 0) is 45.0 Å². The molecule has 2 aromatic rings. The summed E-state index contributed by atoms with van der Waals surface area (Å²) in [5.74, 6) is 0.239. The van der Waals surface area contributed by atoms with Crippen molar-refractivity contribution in [2.75, 3.05) is 42.3 Å². The molecule has 11 heteroatoms. The summed E-state index contributed by atoms with van der Waals surface area (Å²) in [6, 6.07) is 3.90. The van der Waals surface area contributed by atoms with Crippen LogP contribution in [0.25, 0.3) is 0 Å². The van der Waals surface area contributed by atoms with E-state index in [4.69, 9.17) is 0 Å². The molecule has 1 spiro atoms. The Bertz CT molecular complexity index is 1100. The number of hydrogen-bond donors (Lipinski definition) is 3. The average molecular weight is 485 g/mol. The lowest BCUT2D eigenvalue weighted by Crippen LogP contribution is -2.51. The standard InChI is InChI=1S/C23H29FN8OS/c1-15-21(34-22(26-3)30-15)20(17(24)13-25-2)29-14-28-18-5-4-16(12-27-18)32-10-8-23(9-11-32)7-6-19(33)31-23/h4-5,12-13H,2,6-11,14H2,1,3H3,(H,26,30)(H,27,28)(H,31,33)/b17-13+,29-20+. The summed E-state index contributed by atoms with van der Waals surface area (Å²) in [4.78, 5) is 31.3. The van der Waals surface area contributed by atoms with E-state index in [0.717, 1.165) is 44.2 Å². The normalized spacial score (nSPS) is 18.2. The molecule has 0 atom stereocenters. The van der Waals surface area contributed by atoms with Crippen LogP contribution in [0.4, 0.5) is 21.0 Å². The van der Waals surface area contributed by atoms with Crippen LogP contribution in [0, 0.1) is 6.92 Å². The monoisotopic (exact) mass is 484 g/mol. The number of carbonyl (C=O) groups is 1. The van der Waals surface area contributed by atoms with E-state index in [2.05, 4.69) is 47.5 Å². The number of nitrogens with zero attached hydrogens (tertiary/aromatic N) is 5. The molecule has 2 aliphatic heterocycles. The van der Waals surface area contributed by atoms with Crippen LogP contribution in [0.5, 0.6) is 0 Å². The van der Waals surface area contributed by atoms with Gasteiger partial charge in [0.25, 0.3) is 0 Å². The highest BCUT2D eigenvalue weighted by atomic mass is 32.1. The molecule has 2 fully saturated rings. The van der Waals surface area contributed by atoms with E-state index >= 15 is 0 Å². The van der Waals surface area contributed by atoms with Crippen LogP contribution in [-0.4, -0.2) is 60.6 Å². The molecule has 4 heterocycles. The molecular formula is C23H29FN8OS. The fourth-order valence-corrected chi connectivity index (χ4v) is 5.27. The van der Waals surface area contributed by atoms with Crippen LogP contribution in [0.15, 0.2) is 40.3 Å². The summed E-state index contributed by atoms with van der Waals surface area (Å²) in [6.07, 6.45) is 6.33. The zero-order valence-electron chi connectivity index (χ0n) is 19.4. The molecule has 0 aromatic carbocycles. The number of aromatic nitrogens is 2. The van der Waals surface area contributed by atoms with Gasteiger partial charge in [-0.25, -0.2) is 14.4 Å². The number of hydrogen-bond acceptors (Lipinski definition) is 9. The number of aryl methyl sites for hydroxylation is 1. The number of pyridine rings is 1. The molecule has 4 rings (SSSR count). The van der Waals surface area contributed by atoms with Gasteiger partial charge in [0.1, 0.15) is 18.2 Å². The highest BCUT2D eigenvalue weighted by molar-refractivity contribution is 7.17. The molecule has 9 nitrogen and oxygen atoms in total. The summed E-state index contributed by atoms with van der Waals surface area (Å²) in [5.41, 5.74) is 1.88. The van der Waals surface area contributed by atoms with E-state index in [-0.39, 0.29) is 23.8 Å². The van der Waals surface area contributed by atoms with Gasteiger partial charge in [-0.3, -0.25) is 14.8 Å². The Morgan fingerprint density at radius 3 is 2.76 bits per heavy atom. The highest BCUT2D eigenvalue weighted by Gasteiger charge is 2.40. The molecule has 180 valence electrons. The summed E-state index contributed by atoms with van der Waals surface area (Å²) >= 11 is 1.32. The number of halogens is 1. The van der Waals surface area contributed by atoms with Crippen molar-refractivity contribution < 1.29 is 9.18 Å².